The van der Waals surface area contributed by atoms with Crippen molar-refractivity contribution in [3.8, 4) is 0 Å². The topological polar surface area (TPSA) is 49.6 Å². The quantitative estimate of drug-likeness (QED) is 0.685. The van der Waals surface area contributed by atoms with Crippen molar-refractivity contribution in [3.63, 3.8) is 0 Å². The molecule has 1 saturated heterocycles. The standard InChI is InChI=1S/C17H22N6S/c1-11(2)9-21-5-7-22(8-6-21)17-20-16-14(12(3)13(4)24-16)15-18-10-19-23(15)17/h10H,1,5-9H2,2-4H3. The van der Waals surface area contributed by atoms with Crippen molar-refractivity contribution < 1.29 is 0 Å². The summed E-state index contributed by atoms with van der Waals surface area (Å²) in [6.45, 7) is 15.3. The summed E-state index contributed by atoms with van der Waals surface area (Å²) in [6, 6.07) is 0. The Morgan fingerprint density at radius 3 is 2.71 bits per heavy atom. The molecule has 4 rings (SSSR count). The molecule has 1 aliphatic rings. The molecule has 3 aromatic rings. The second-order valence-corrected chi connectivity index (χ2v) is 7.79. The summed E-state index contributed by atoms with van der Waals surface area (Å²) in [5, 5.41) is 5.58. The van der Waals surface area contributed by atoms with Gasteiger partial charge in [-0.3, -0.25) is 4.90 Å². The first kappa shape index (κ1) is 15.5. The van der Waals surface area contributed by atoms with Gasteiger partial charge in [-0.25, -0.2) is 9.97 Å². The van der Waals surface area contributed by atoms with Crippen LogP contribution in [-0.2, 0) is 0 Å². The Bertz CT molecular complexity index is 916. The van der Waals surface area contributed by atoms with E-state index < -0.39 is 0 Å². The summed E-state index contributed by atoms with van der Waals surface area (Å²) < 4.78 is 1.90. The van der Waals surface area contributed by atoms with Crippen molar-refractivity contribution >= 4 is 33.1 Å². The summed E-state index contributed by atoms with van der Waals surface area (Å²) in [4.78, 5) is 16.6. The third-order valence-electron chi connectivity index (χ3n) is 4.68. The van der Waals surface area contributed by atoms with Crippen molar-refractivity contribution in [2.45, 2.75) is 20.8 Å². The van der Waals surface area contributed by atoms with E-state index in [1.54, 1.807) is 17.7 Å². The number of thiophene rings is 1. The van der Waals surface area contributed by atoms with Crippen LogP contribution >= 0.6 is 11.3 Å². The van der Waals surface area contributed by atoms with Crippen LogP contribution in [-0.4, -0.2) is 57.2 Å². The van der Waals surface area contributed by atoms with Crippen LogP contribution in [0.3, 0.4) is 0 Å². The molecular formula is C17H22N6S. The summed E-state index contributed by atoms with van der Waals surface area (Å²) >= 11 is 1.74. The van der Waals surface area contributed by atoms with E-state index in [-0.39, 0.29) is 0 Å². The molecule has 0 bridgehead atoms. The molecule has 6 nitrogen and oxygen atoms in total. The van der Waals surface area contributed by atoms with Gasteiger partial charge in [0.2, 0.25) is 5.95 Å². The molecule has 1 aliphatic heterocycles. The maximum atomic E-state index is 4.94. The third kappa shape index (κ3) is 2.48. The van der Waals surface area contributed by atoms with Crippen molar-refractivity contribution in [1.29, 1.82) is 0 Å². The van der Waals surface area contributed by atoms with Crippen LogP contribution in [0.2, 0.25) is 0 Å². The number of rotatable bonds is 3. The van der Waals surface area contributed by atoms with Crippen LogP contribution in [0.4, 0.5) is 5.95 Å². The number of aryl methyl sites for hydroxylation is 2. The van der Waals surface area contributed by atoms with Gasteiger partial charge in [0.25, 0.3) is 0 Å². The highest BCUT2D eigenvalue weighted by molar-refractivity contribution is 7.18. The third-order valence-corrected chi connectivity index (χ3v) is 5.78. The lowest BCUT2D eigenvalue weighted by molar-refractivity contribution is 0.277. The second-order valence-electron chi connectivity index (χ2n) is 6.59. The normalized spacial score (nSPS) is 16.4. The lowest BCUT2D eigenvalue weighted by Crippen LogP contribution is -2.47. The van der Waals surface area contributed by atoms with E-state index in [1.807, 2.05) is 4.52 Å². The second kappa shape index (κ2) is 5.82. The summed E-state index contributed by atoms with van der Waals surface area (Å²) in [5.41, 5.74) is 3.39. The zero-order valence-electron chi connectivity index (χ0n) is 14.4. The number of anilines is 1. The van der Waals surface area contributed by atoms with Gasteiger partial charge in [-0.05, 0) is 26.3 Å². The molecule has 0 spiro atoms. The average Bonchev–Trinajstić information content (AvgIpc) is 3.12. The zero-order valence-corrected chi connectivity index (χ0v) is 15.2. The van der Waals surface area contributed by atoms with Crippen molar-refractivity contribution in [1.82, 2.24) is 24.5 Å². The number of hydrogen-bond donors (Lipinski definition) is 0. The molecule has 0 amide bonds. The number of aromatic nitrogens is 4. The largest absolute Gasteiger partial charge is 0.338 e. The lowest BCUT2D eigenvalue weighted by Gasteiger charge is -2.35. The minimum Gasteiger partial charge on any atom is -0.338 e. The monoisotopic (exact) mass is 342 g/mol. The number of nitrogens with zero attached hydrogens (tertiary/aromatic N) is 6. The molecule has 7 heteroatoms. The Hall–Kier alpha value is -1.99. The molecule has 1 fully saturated rings. The Labute approximate surface area is 145 Å². The molecule has 0 radical (unpaired) electrons. The summed E-state index contributed by atoms with van der Waals surface area (Å²) in [6.07, 6.45) is 1.63. The fourth-order valence-corrected chi connectivity index (χ4v) is 4.36. The van der Waals surface area contributed by atoms with Crippen LogP contribution in [0, 0.1) is 13.8 Å². The Kier molecular flexibility index (Phi) is 3.77. The number of hydrogen-bond acceptors (Lipinski definition) is 6. The maximum Gasteiger partial charge on any atom is 0.230 e. The van der Waals surface area contributed by atoms with Gasteiger partial charge in [-0.2, -0.15) is 9.61 Å². The van der Waals surface area contributed by atoms with E-state index >= 15 is 0 Å². The molecular weight excluding hydrogens is 320 g/mol. The van der Waals surface area contributed by atoms with Gasteiger partial charge < -0.3 is 4.90 Å². The molecule has 0 aliphatic carbocycles. The van der Waals surface area contributed by atoms with Gasteiger partial charge in [0.05, 0.1) is 5.39 Å². The van der Waals surface area contributed by atoms with Crippen molar-refractivity contribution in [3.05, 3.63) is 28.9 Å². The highest BCUT2D eigenvalue weighted by Crippen LogP contribution is 2.33. The highest BCUT2D eigenvalue weighted by Gasteiger charge is 2.23. The molecule has 0 unspecified atom stereocenters. The van der Waals surface area contributed by atoms with Crippen LogP contribution in [0.25, 0.3) is 15.9 Å². The van der Waals surface area contributed by atoms with E-state index in [0.29, 0.717) is 0 Å². The van der Waals surface area contributed by atoms with E-state index in [0.717, 1.165) is 54.5 Å². The van der Waals surface area contributed by atoms with E-state index in [1.165, 1.54) is 16.0 Å². The Morgan fingerprint density at radius 1 is 1.25 bits per heavy atom. The molecule has 0 atom stereocenters. The van der Waals surface area contributed by atoms with Gasteiger partial charge in [0.15, 0.2) is 5.65 Å². The van der Waals surface area contributed by atoms with E-state index in [2.05, 4.69) is 47.2 Å². The van der Waals surface area contributed by atoms with E-state index in [4.69, 9.17) is 4.98 Å². The smallest absolute Gasteiger partial charge is 0.230 e. The first-order chi connectivity index (χ1) is 11.5. The van der Waals surface area contributed by atoms with Crippen molar-refractivity contribution in [2.75, 3.05) is 37.6 Å². The fourth-order valence-electron chi connectivity index (χ4n) is 3.34. The average molecular weight is 342 g/mol. The van der Waals surface area contributed by atoms with Gasteiger partial charge in [-0.15, -0.1) is 11.3 Å². The predicted molar refractivity (Wildman–Crippen MR) is 99.1 cm³/mol. The van der Waals surface area contributed by atoms with Crippen LogP contribution in [0.5, 0.6) is 0 Å². The number of piperazine rings is 1. The first-order valence-corrected chi connectivity index (χ1v) is 9.07. The molecule has 0 saturated carbocycles. The summed E-state index contributed by atoms with van der Waals surface area (Å²) in [7, 11) is 0. The predicted octanol–water partition coefficient (Wildman–Crippen LogP) is 2.65. The SMILES string of the molecule is C=C(C)CN1CCN(c2nc3sc(C)c(C)c3c3ncnn23)CC1. The Morgan fingerprint density at radius 2 is 2.00 bits per heavy atom. The molecule has 4 heterocycles. The van der Waals surface area contributed by atoms with Gasteiger partial charge in [0, 0.05) is 37.6 Å². The molecule has 0 N–H and O–H groups in total. The van der Waals surface area contributed by atoms with Crippen LogP contribution < -0.4 is 4.90 Å². The minimum absolute atomic E-state index is 0.909. The van der Waals surface area contributed by atoms with Crippen LogP contribution in [0.15, 0.2) is 18.5 Å². The van der Waals surface area contributed by atoms with E-state index in [9.17, 15) is 0 Å². The summed E-state index contributed by atoms with van der Waals surface area (Å²) in [5.74, 6) is 0.909. The molecule has 126 valence electrons. The van der Waals surface area contributed by atoms with Gasteiger partial charge >= 0.3 is 0 Å². The Balaban J connectivity index is 1.72. The van der Waals surface area contributed by atoms with Gasteiger partial charge in [0.1, 0.15) is 11.2 Å². The molecule has 3 aromatic heterocycles. The van der Waals surface area contributed by atoms with Gasteiger partial charge in [-0.1, -0.05) is 12.2 Å². The fraction of sp³-hybridized carbons (Fsp3) is 0.471. The molecule has 0 aromatic carbocycles. The first-order valence-electron chi connectivity index (χ1n) is 8.25. The zero-order chi connectivity index (χ0) is 16.8. The van der Waals surface area contributed by atoms with Crippen LogP contribution in [0.1, 0.15) is 17.4 Å². The minimum atomic E-state index is 0.909. The van der Waals surface area contributed by atoms with Crippen molar-refractivity contribution in [2.24, 2.45) is 0 Å². The molecule has 24 heavy (non-hydrogen) atoms. The number of fused-ring (bicyclic) bond motifs is 3. The maximum absolute atomic E-state index is 4.94. The highest BCUT2D eigenvalue weighted by atomic mass is 32.1. The lowest BCUT2D eigenvalue weighted by atomic mass is 10.2.